The summed E-state index contributed by atoms with van der Waals surface area (Å²) in [5, 5.41) is 10.3. The molecule has 0 radical (unpaired) electrons. The van der Waals surface area contributed by atoms with Gasteiger partial charge in [-0.1, -0.05) is 11.8 Å². The second kappa shape index (κ2) is 2.71. The summed E-state index contributed by atoms with van der Waals surface area (Å²) < 4.78 is 0. The molecule has 0 spiro atoms. The number of aliphatic hydroxyl groups is 1. The van der Waals surface area contributed by atoms with Crippen LogP contribution in [0.5, 0.6) is 0 Å². The highest BCUT2D eigenvalue weighted by Gasteiger charge is 2.24. The third-order valence-electron chi connectivity index (χ3n) is 1.61. The standard InChI is InChI=1S/C8H8N2OS/c1-6-7(11)10-5-3-2-4-9-8(10)12-6/h2-5,11H,1H3. The zero-order valence-corrected chi connectivity index (χ0v) is 7.38. The topological polar surface area (TPSA) is 35.8 Å². The molecule has 0 saturated carbocycles. The second-order valence-corrected chi connectivity index (χ2v) is 3.63. The first-order valence-corrected chi connectivity index (χ1v) is 4.39. The van der Waals surface area contributed by atoms with Crippen molar-refractivity contribution in [3.05, 3.63) is 35.3 Å². The largest absolute Gasteiger partial charge is 0.494 e. The van der Waals surface area contributed by atoms with Crippen molar-refractivity contribution in [2.75, 3.05) is 0 Å². The van der Waals surface area contributed by atoms with Crippen LogP contribution in [0, 0.1) is 0 Å². The van der Waals surface area contributed by atoms with Gasteiger partial charge in [0.1, 0.15) is 0 Å². The van der Waals surface area contributed by atoms with Gasteiger partial charge in [-0.05, 0) is 19.1 Å². The molecule has 3 nitrogen and oxygen atoms in total. The Morgan fingerprint density at radius 2 is 2.33 bits per heavy atom. The first-order chi connectivity index (χ1) is 5.79. The van der Waals surface area contributed by atoms with E-state index in [0.29, 0.717) is 0 Å². The quantitative estimate of drug-likeness (QED) is 0.620. The molecule has 12 heavy (non-hydrogen) atoms. The lowest BCUT2D eigenvalue weighted by atomic mass is 10.5. The molecule has 0 atom stereocenters. The van der Waals surface area contributed by atoms with E-state index in [2.05, 4.69) is 4.99 Å². The summed E-state index contributed by atoms with van der Waals surface area (Å²) in [7, 11) is 0. The summed E-state index contributed by atoms with van der Waals surface area (Å²) in [6, 6.07) is 0. The molecule has 0 aromatic heterocycles. The number of nitrogens with zero attached hydrogens (tertiary/aromatic N) is 2. The molecule has 2 rings (SSSR count). The number of amidine groups is 1. The Kier molecular flexibility index (Phi) is 1.69. The van der Waals surface area contributed by atoms with Crippen molar-refractivity contribution in [3.63, 3.8) is 0 Å². The van der Waals surface area contributed by atoms with Crippen LogP contribution in [0.2, 0.25) is 0 Å². The van der Waals surface area contributed by atoms with Gasteiger partial charge < -0.3 is 5.11 Å². The third kappa shape index (κ3) is 1.04. The maximum atomic E-state index is 9.54. The Morgan fingerprint density at radius 3 is 3.17 bits per heavy atom. The predicted octanol–water partition coefficient (Wildman–Crippen LogP) is 2.18. The van der Waals surface area contributed by atoms with E-state index in [9.17, 15) is 5.11 Å². The van der Waals surface area contributed by atoms with Crippen molar-refractivity contribution >= 4 is 16.9 Å². The summed E-state index contributed by atoms with van der Waals surface area (Å²) in [4.78, 5) is 6.70. The molecule has 0 unspecified atom stereocenters. The van der Waals surface area contributed by atoms with Crippen molar-refractivity contribution in [2.45, 2.75) is 6.92 Å². The van der Waals surface area contributed by atoms with Gasteiger partial charge in [0.2, 0.25) is 5.88 Å². The van der Waals surface area contributed by atoms with Crippen LogP contribution in [-0.2, 0) is 0 Å². The molecule has 1 N–H and O–H groups in total. The first kappa shape index (κ1) is 7.49. The monoisotopic (exact) mass is 180 g/mol. The van der Waals surface area contributed by atoms with Crippen molar-refractivity contribution in [1.82, 2.24) is 4.90 Å². The van der Waals surface area contributed by atoms with Gasteiger partial charge >= 0.3 is 0 Å². The van der Waals surface area contributed by atoms with E-state index in [1.54, 1.807) is 17.3 Å². The van der Waals surface area contributed by atoms with Crippen molar-refractivity contribution in [1.29, 1.82) is 0 Å². The van der Waals surface area contributed by atoms with Crippen molar-refractivity contribution in [3.8, 4) is 0 Å². The van der Waals surface area contributed by atoms with Crippen LogP contribution < -0.4 is 0 Å². The lowest BCUT2D eigenvalue weighted by Crippen LogP contribution is -2.16. The summed E-state index contributed by atoms with van der Waals surface area (Å²) in [6.07, 6.45) is 7.17. The number of allylic oxidation sites excluding steroid dienone is 3. The molecule has 4 heteroatoms. The van der Waals surface area contributed by atoms with E-state index < -0.39 is 0 Å². The first-order valence-electron chi connectivity index (χ1n) is 3.57. The number of thioether (sulfide) groups is 1. The maximum absolute atomic E-state index is 9.54. The molecule has 0 amide bonds. The molecule has 62 valence electrons. The lowest BCUT2D eigenvalue weighted by Gasteiger charge is -2.10. The molecule has 2 aliphatic rings. The zero-order valence-electron chi connectivity index (χ0n) is 6.56. The van der Waals surface area contributed by atoms with Crippen LogP contribution >= 0.6 is 11.8 Å². The number of aliphatic hydroxyl groups excluding tert-OH is 1. The molecular weight excluding hydrogens is 172 g/mol. The van der Waals surface area contributed by atoms with Gasteiger partial charge in [-0.3, -0.25) is 4.90 Å². The molecule has 0 bridgehead atoms. The number of aliphatic imine (C=N–C) groups is 1. The normalized spacial score (nSPS) is 21.1. The minimum Gasteiger partial charge on any atom is -0.494 e. The highest BCUT2D eigenvalue weighted by molar-refractivity contribution is 8.17. The Hall–Kier alpha value is -1.16. The van der Waals surface area contributed by atoms with Gasteiger partial charge in [0.25, 0.3) is 0 Å². The van der Waals surface area contributed by atoms with Crippen LogP contribution in [0.25, 0.3) is 0 Å². The minimum atomic E-state index is 0.277. The molecule has 0 aromatic carbocycles. The molecule has 2 aliphatic heterocycles. The van der Waals surface area contributed by atoms with Crippen LogP contribution in [0.1, 0.15) is 6.92 Å². The highest BCUT2D eigenvalue weighted by Crippen LogP contribution is 2.33. The Balaban J connectivity index is 2.40. The summed E-state index contributed by atoms with van der Waals surface area (Å²) in [5.41, 5.74) is 0. The summed E-state index contributed by atoms with van der Waals surface area (Å²) >= 11 is 1.47. The van der Waals surface area contributed by atoms with E-state index in [4.69, 9.17) is 0 Å². The van der Waals surface area contributed by atoms with E-state index in [1.165, 1.54) is 11.8 Å². The van der Waals surface area contributed by atoms with Gasteiger partial charge in [0.05, 0.1) is 4.91 Å². The average Bonchev–Trinajstić information content (AvgIpc) is 2.30. The van der Waals surface area contributed by atoms with Gasteiger partial charge in [-0.25, -0.2) is 4.99 Å². The van der Waals surface area contributed by atoms with E-state index >= 15 is 0 Å². The number of rotatable bonds is 0. The minimum absolute atomic E-state index is 0.277. The second-order valence-electron chi connectivity index (χ2n) is 2.45. The molecule has 0 fully saturated rings. The van der Waals surface area contributed by atoms with Crippen LogP contribution in [-0.4, -0.2) is 15.2 Å². The van der Waals surface area contributed by atoms with Gasteiger partial charge in [0, 0.05) is 12.4 Å². The Labute approximate surface area is 74.8 Å². The Morgan fingerprint density at radius 1 is 1.50 bits per heavy atom. The SMILES string of the molecule is CC1=C(O)N2C=CC=CN=C2S1. The zero-order chi connectivity index (χ0) is 8.55. The number of hydrogen-bond acceptors (Lipinski definition) is 4. The fourth-order valence-electron chi connectivity index (χ4n) is 1.01. The Bertz CT molecular complexity index is 328. The highest BCUT2D eigenvalue weighted by atomic mass is 32.2. The third-order valence-corrected chi connectivity index (χ3v) is 2.58. The van der Waals surface area contributed by atoms with Crippen LogP contribution in [0.3, 0.4) is 0 Å². The number of fused-ring (bicyclic) bond motifs is 1. The average molecular weight is 180 g/mol. The number of hydrogen-bond donors (Lipinski definition) is 1. The van der Waals surface area contributed by atoms with Crippen molar-refractivity contribution < 1.29 is 5.11 Å². The fourth-order valence-corrected chi connectivity index (χ4v) is 1.83. The van der Waals surface area contributed by atoms with Crippen molar-refractivity contribution in [2.24, 2.45) is 4.99 Å². The smallest absolute Gasteiger partial charge is 0.207 e. The predicted molar refractivity (Wildman–Crippen MR) is 50.5 cm³/mol. The van der Waals surface area contributed by atoms with Gasteiger partial charge in [-0.2, -0.15) is 0 Å². The molecular formula is C8H8N2OS. The van der Waals surface area contributed by atoms with Gasteiger partial charge in [0.15, 0.2) is 5.17 Å². The molecule has 0 aromatic rings. The van der Waals surface area contributed by atoms with E-state index in [-0.39, 0.29) is 5.88 Å². The molecule has 0 aliphatic carbocycles. The fraction of sp³-hybridized carbons (Fsp3) is 0.125. The lowest BCUT2D eigenvalue weighted by molar-refractivity contribution is 0.318. The molecule has 0 saturated heterocycles. The molecule has 2 heterocycles. The van der Waals surface area contributed by atoms with E-state index in [0.717, 1.165) is 10.1 Å². The summed E-state index contributed by atoms with van der Waals surface area (Å²) in [6.45, 7) is 1.87. The van der Waals surface area contributed by atoms with Gasteiger partial charge in [-0.15, -0.1) is 0 Å². The van der Waals surface area contributed by atoms with Crippen LogP contribution in [0.4, 0.5) is 0 Å². The van der Waals surface area contributed by atoms with Crippen LogP contribution in [0.15, 0.2) is 40.3 Å². The summed E-state index contributed by atoms with van der Waals surface area (Å²) in [5.74, 6) is 0.277. The maximum Gasteiger partial charge on any atom is 0.207 e. The van der Waals surface area contributed by atoms with E-state index in [1.807, 2.05) is 19.1 Å².